The van der Waals surface area contributed by atoms with Crippen molar-refractivity contribution in [1.82, 2.24) is 4.90 Å². The molecule has 1 aliphatic carbocycles. The highest BCUT2D eigenvalue weighted by atomic mass is 19.1. The molecule has 1 aromatic rings. The van der Waals surface area contributed by atoms with Crippen LogP contribution in [-0.4, -0.2) is 34.5 Å². The molecule has 0 aromatic heterocycles. The second-order valence-corrected chi connectivity index (χ2v) is 6.62. The second-order valence-electron chi connectivity index (χ2n) is 6.62. The third kappa shape index (κ3) is 3.71. The summed E-state index contributed by atoms with van der Waals surface area (Å²) >= 11 is 0. The number of hydrogen-bond donors (Lipinski definition) is 1. The molecule has 5 heteroatoms. The Balaban J connectivity index is 1.63. The summed E-state index contributed by atoms with van der Waals surface area (Å²) in [5, 5.41) is 8.87. The molecule has 3 rings (SSSR count). The van der Waals surface area contributed by atoms with E-state index in [1.165, 1.54) is 12.1 Å². The van der Waals surface area contributed by atoms with Gasteiger partial charge in [-0.1, -0.05) is 12.1 Å². The maximum Gasteiger partial charge on any atom is 0.303 e. The van der Waals surface area contributed by atoms with Crippen molar-refractivity contribution in [3.63, 3.8) is 0 Å². The number of carbonyl (C=O) groups is 2. The van der Waals surface area contributed by atoms with Crippen LogP contribution in [-0.2, 0) is 9.59 Å². The van der Waals surface area contributed by atoms with Crippen LogP contribution in [0.5, 0.6) is 0 Å². The number of rotatable bonds is 5. The molecule has 4 nitrogen and oxygen atoms in total. The predicted octanol–water partition coefficient (Wildman–Crippen LogP) is 3.18. The molecule has 1 aliphatic heterocycles. The quantitative estimate of drug-likeness (QED) is 0.907. The normalized spacial score (nSPS) is 26.8. The maximum atomic E-state index is 13.3. The van der Waals surface area contributed by atoms with Gasteiger partial charge in [-0.25, -0.2) is 4.39 Å². The molecule has 3 unspecified atom stereocenters. The lowest BCUT2D eigenvalue weighted by Crippen LogP contribution is -2.44. The average Bonchev–Trinajstić information content (AvgIpc) is 3.33. The van der Waals surface area contributed by atoms with Gasteiger partial charge in [0.1, 0.15) is 5.82 Å². The molecule has 0 bridgehead atoms. The summed E-state index contributed by atoms with van der Waals surface area (Å²) < 4.78 is 13.3. The molecule has 1 saturated carbocycles. The monoisotopic (exact) mass is 319 g/mol. The van der Waals surface area contributed by atoms with E-state index >= 15 is 0 Å². The number of amides is 1. The third-order valence-corrected chi connectivity index (χ3v) is 4.99. The first-order chi connectivity index (χ1) is 11.1. The number of piperidine rings is 1. The minimum absolute atomic E-state index is 0.0427. The fourth-order valence-corrected chi connectivity index (χ4v) is 3.67. The van der Waals surface area contributed by atoms with Crippen molar-refractivity contribution in [3.8, 4) is 0 Å². The topological polar surface area (TPSA) is 57.6 Å². The van der Waals surface area contributed by atoms with Gasteiger partial charge in [0.05, 0.1) is 0 Å². The Morgan fingerprint density at radius 1 is 1.30 bits per heavy atom. The fraction of sp³-hybridized carbons (Fsp3) is 0.556. The molecule has 2 aliphatic rings. The van der Waals surface area contributed by atoms with Crippen molar-refractivity contribution >= 4 is 11.9 Å². The predicted molar refractivity (Wildman–Crippen MR) is 83.5 cm³/mol. The highest BCUT2D eigenvalue weighted by Crippen LogP contribution is 2.49. The Labute approximate surface area is 135 Å². The molecule has 1 aromatic carbocycles. The van der Waals surface area contributed by atoms with Gasteiger partial charge >= 0.3 is 5.97 Å². The molecular formula is C18H22FNO3. The minimum Gasteiger partial charge on any atom is -0.481 e. The lowest BCUT2D eigenvalue weighted by atomic mass is 9.97. The molecular weight excluding hydrogens is 297 g/mol. The lowest BCUT2D eigenvalue weighted by molar-refractivity contribution is -0.140. The Kier molecular flexibility index (Phi) is 4.64. The van der Waals surface area contributed by atoms with E-state index in [0.29, 0.717) is 6.42 Å². The van der Waals surface area contributed by atoms with Crippen molar-refractivity contribution in [2.24, 2.45) is 5.92 Å². The molecule has 1 amide bonds. The van der Waals surface area contributed by atoms with Crippen LogP contribution in [0.3, 0.4) is 0 Å². The van der Waals surface area contributed by atoms with Crippen molar-refractivity contribution in [2.75, 3.05) is 6.54 Å². The molecule has 1 heterocycles. The fourth-order valence-electron chi connectivity index (χ4n) is 3.67. The van der Waals surface area contributed by atoms with Gasteiger partial charge < -0.3 is 10.0 Å². The first-order valence-corrected chi connectivity index (χ1v) is 8.34. The zero-order valence-corrected chi connectivity index (χ0v) is 13.1. The number of benzene rings is 1. The summed E-state index contributed by atoms with van der Waals surface area (Å²) in [5.41, 5.74) is 0.891. The van der Waals surface area contributed by atoms with E-state index in [0.717, 1.165) is 37.8 Å². The van der Waals surface area contributed by atoms with Crippen LogP contribution in [0.2, 0.25) is 0 Å². The maximum absolute atomic E-state index is 13.3. The van der Waals surface area contributed by atoms with Crippen LogP contribution >= 0.6 is 0 Å². The van der Waals surface area contributed by atoms with E-state index in [2.05, 4.69) is 0 Å². The van der Waals surface area contributed by atoms with E-state index in [4.69, 9.17) is 5.11 Å². The lowest BCUT2D eigenvalue weighted by Gasteiger charge is -2.36. The molecule has 124 valence electrons. The molecule has 3 atom stereocenters. The summed E-state index contributed by atoms with van der Waals surface area (Å²) in [6.45, 7) is 0.718. The minimum atomic E-state index is -0.813. The Morgan fingerprint density at radius 3 is 2.87 bits per heavy atom. The summed E-state index contributed by atoms with van der Waals surface area (Å²) in [6, 6.07) is 6.52. The van der Waals surface area contributed by atoms with Crippen LogP contribution in [0, 0.1) is 11.7 Å². The number of hydrogen-bond acceptors (Lipinski definition) is 2. The summed E-state index contributed by atoms with van der Waals surface area (Å²) in [7, 11) is 0. The number of halogens is 1. The first-order valence-electron chi connectivity index (χ1n) is 8.34. The van der Waals surface area contributed by atoms with Gasteiger partial charge in [0.15, 0.2) is 0 Å². The zero-order chi connectivity index (χ0) is 16.4. The number of carboxylic acids is 1. The Morgan fingerprint density at radius 2 is 2.13 bits per heavy atom. The molecule has 1 saturated heterocycles. The van der Waals surface area contributed by atoms with Gasteiger partial charge in [0.2, 0.25) is 5.91 Å². The third-order valence-electron chi connectivity index (χ3n) is 4.99. The summed E-state index contributed by atoms with van der Waals surface area (Å²) in [6.07, 6.45) is 4.31. The van der Waals surface area contributed by atoms with Crippen molar-refractivity contribution < 1.29 is 19.1 Å². The molecule has 0 spiro atoms. The number of carboxylic acid groups (broad SMARTS) is 1. The van der Waals surface area contributed by atoms with Crippen LogP contribution in [0.15, 0.2) is 24.3 Å². The van der Waals surface area contributed by atoms with Crippen LogP contribution in [0.4, 0.5) is 4.39 Å². The Bertz CT molecular complexity index is 604. The highest BCUT2D eigenvalue weighted by molar-refractivity contribution is 5.83. The van der Waals surface area contributed by atoms with E-state index in [1.54, 1.807) is 6.07 Å². The number of nitrogens with zero attached hydrogens (tertiary/aromatic N) is 1. The van der Waals surface area contributed by atoms with Crippen LogP contribution in [0.1, 0.15) is 50.0 Å². The summed E-state index contributed by atoms with van der Waals surface area (Å²) in [5.74, 6) is -0.915. The largest absolute Gasteiger partial charge is 0.481 e. The second kappa shape index (κ2) is 6.69. The average molecular weight is 319 g/mol. The van der Waals surface area contributed by atoms with E-state index in [-0.39, 0.29) is 36.0 Å². The first kappa shape index (κ1) is 16.0. The molecule has 0 radical (unpaired) electrons. The van der Waals surface area contributed by atoms with Gasteiger partial charge in [0, 0.05) is 24.9 Å². The SMILES string of the molecule is O=C(O)CCC1CCCCN1C(=O)C1CC1c1cccc(F)c1. The Hall–Kier alpha value is -1.91. The van der Waals surface area contributed by atoms with E-state index in [9.17, 15) is 14.0 Å². The van der Waals surface area contributed by atoms with Crippen LogP contribution < -0.4 is 0 Å². The molecule has 2 fully saturated rings. The van der Waals surface area contributed by atoms with Gasteiger partial charge in [0.25, 0.3) is 0 Å². The van der Waals surface area contributed by atoms with Gasteiger partial charge in [-0.15, -0.1) is 0 Å². The molecule has 1 N–H and O–H groups in total. The van der Waals surface area contributed by atoms with Crippen molar-refractivity contribution in [2.45, 2.75) is 50.5 Å². The van der Waals surface area contributed by atoms with Gasteiger partial charge in [-0.2, -0.15) is 0 Å². The van der Waals surface area contributed by atoms with Crippen molar-refractivity contribution in [3.05, 3.63) is 35.6 Å². The van der Waals surface area contributed by atoms with Gasteiger partial charge in [-0.05, 0) is 55.7 Å². The number of aliphatic carboxylic acids is 1. The van der Waals surface area contributed by atoms with Crippen molar-refractivity contribution in [1.29, 1.82) is 0 Å². The van der Waals surface area contributed by atoms with E-state index < -0.39 is 5.97 Å². The van der Waals surface area contributed by atoms with Crippen LogP contribution in [0.25, 0.3) is 0 Å². The number of carbonyl (C=O) groups excluding carboxylic acids is 1. The smallest absolute Gasteiger partial charge is 0.303 e. The molecule has 23 heavy (non-hydrogen) atoms. The number of likely N-dealkylation sites (tertiary alicyclic amines) is 1. The standard InChI is InChI=1S/C18H22FNO3/c19-13-5-3-4-12(10-13)15-11-16(15)18(23)20-9-2-1-6-14(20)7-8-17(21)22/h3-5,10,14-16H,1-2,6-9,11H2,(H,21,22). The zero-order valence-electron chi connectivity index (χ0n) is 13.1. The van der Waals surface area contributed by atoms with Gasteiger partial charge in [-0.3, -0.25) is 9.59 Å². The van der Waals surface area contributed by atoms with E-state index in [1.807, 2.05) is 11.0 Å². The summed E-state index contributed by atoms with van der Waals surface area (Å²) in [4.78, 5) is 25.4. The highest BCUT2D eigenvalue weighted by Gasteiger charge is 2.47.